The van der Waals surface area contributed by atoms with Gasteiger partial charge in [-0.05, 0) is 23.8 Å². The van der Waals surface area contributed by atoms with E-state index in [9.17, 15) is 4.39 Å². The number of rotatable bonds is 3. The zero-order valence-corrected chi connectivity index (χ0v) is 8.38. The molecule has 1 atom stereocenters. The van der Waals surface area contributed by atoms with Crippen LogP contribution < -0.4 is 0 Å². The number of hydrogen-bond donors (Lipinski definition) is 1. The van der Waals surface area contributed by atoms with E-state index < -0.39 is 6.17 Å². The Bertz CT molecular complexity index is 462. The molecule has 0 amide bonds. The first-order valence-electron chi connectivity index (χ1n) is 4.76. The minimum absolute atomic E-state index is 0.473. The van der Waals surface area contributed by atoms with E-state index in [0.29, 0.717) is 17.7 Å². The Balaban J connectivity index is 2.23. The number of aliphatic hydroxyl groups excluding tert-OH is 1. The molecular formula is C12H10FNO2. The monoisotopic (exact) mass is 219 g/mol. The second-order valence-corrected chi connectivity index (χ2v) is 3.20. The molecule has 82 valence electrons. The van der Waals surface area contributed by atoms with Crippen molar-refractivity contribution in [2.24, 2.45) is 0 Å². The quantitative estimate of drug-likeness (QED) is 0.804. The van der Waals surface area contributed by atoms with Gasteiger partial charge in [-0.15, -0.1) is 0 Å². The average molecular weight is 219 g/mol. The zero-order chi connectivity index (χ0) is 11.4. The van der Waals surface area contributed by atoms with Crippen molar-refractivity contribution >= 4 is 0 Å². The van der Waals surface area contributed by atoms with E-state index in [-0.39, 0.29) is 0 Å². The SMILES string of the molecule is O/C=C\C(F)c1ccc(-c2ncco2)cc1. The molecule has 0 spiro atoms. The van der Waals surface area contributed by atoms with Crippen molar-refractivity contribution in [3.63, 3.8) is 0 Å². The fourth-order valence-electron chi connectivity index (χ4n) is 1.36. The molecule has 0 aliphatic heterocycles. The number of alkyl halides is 1. The van der Waals surface area contributed by atoms with Crippen molar-refractivity contribution in [3.8, 4) is 11.5 Å². The first kappa shape index (κ1) is 10.4. The fraction of sp³-hybridized carbons (Fsp3) is 0.0833. The van der Waals surface area contributed by atoms with E-state index in [4.69, 9.17) is 9.52 Å². The molecule has 1 heterocycles. The van der Waals surface area contributed by atoms with Gasteiger partial charge in [0.1, 0.15) is 12.4 Å². The summed E-state index contributed by atoms with van der Waals surface area (Å²) in [5.74, 6) is 0.500. The van der Waals surface area contributed by atoms with Crippen LogP contribution in [0.1, 0.15) is 11.7 Å². The van der Waals surface area contributed by atoms with E-state index >= 15 is 0 Å². The van der Waals surface area contributed by atoms with Crippen molar-refractivity contribution in [1.29, 1.82) is 0 Å². The van der Waals surface area contributed by atoms with Crippen LogP contribution in [0.15, 0.2) is 53.5 Å². The van der Waals surface area contributed by atoms with Crippen molar-refractivity contribution in [2.45, 2.75) is 6.17 Å². The molecule has 2 rings (SSSR count). The van der Waals surface area contributed by atoms with Crippen LogP contribution in [0, 0.1) is 0 Å². The molecular weight excluding hydrogens is 209 g/mol. The lowest BCUT2D eigenvalue weighted by Crippen LogP contribution is -1.87. The van der Waals surface area contributed by atoms with Crippen molar-refractivity contribution < 1.29 is 13.9 Å². The van der Waals surface area contributed by atoms with Gasteiger partial charge >= 0.3 is 0 Å². The summed E-state index contributed by atoms with van der Waals surface area (Å²) in [4.78, 5) is 3.98. The van der Waals surface area contributed by atoms with Crippen LogP contribution >= 0.6 is 0 Å². The second-order valence-electron chi connectivity index (χ2n) is 3.20. The van der Waals surface area contributed by atoms with E-state index in [0.717, 1.165) is 11.6 Å². The smallest absolute Gasteiger partial charge is 0.225 e. The highest BCUT2D eigenvalue weighted by Crippen LogP contribution is 2.23. The van der Waals surface area contributed by atoms with E-state index in [2.05, 4.69) is 4.98 Å². The molecule has 16 heavy (non-hydrogen) atoms. The molecule has 0 aliphatic rings. The summed E-state index contributed by atoms with van der Waals surface area (Å²) < 4.78 is 18.4. The molecule has 1 aromatic heterocycles. The lowest BCUT2D eigenvalue weighted by Gasteiger charge is -2.03. The maximum atomic E-state index is 13.3. The summed E-state index contributed by atoms with van der Waals surface area (Å²) in [5.41, 5.74) is 1.26. The Morgan fingerprint density at radius 3 is 2.62 bits per heavy atom. The summed E-state index contributed by atoms with van der Waals surface area (Å²) in [7, 11) is 0. The number of halogens is 1. The Kier molecular flexibility index (Phi) is 3.00. The zero-order valence-electron chi connectivity index (χ0n) is 8.38. The molecule has 0 bridgehead atoms. The number of aliphatic hydroxyl groups is 1. The van der Waals surface area contributed by atoms with Gasteiger partial charge in [0.15, 0.2) is 0 Å². The Hall–Kier alpha value is -2.10. The normalized spacial score (nSPS) is 13.1. The Morgan fingerprint density at radius 2 is 2.06 bits per heavy atom. The van der Waals surface area contributed by atoms with Crippen LogP contribution in [0.3, 0.4) is 0 Å². The standard InChI is InChI=1S/C12H10FNO2/c13-11(5-7-15)9-1-3-10(4-2-9)12-14-6-8-16-12/h1-8,11,15H/b7-5-. The average Bonchev–Trinajstić information content (AvgIpc) is 2.83. The van der Waals surface area contributed by atoms with Gasteiger partial charge in [-0.1, -0.05) is 12.1 Å². The topological polar surface area (TPSA) is 46.3 Å². The third-order valence-corrected chi connectivity index (χ3v) is 2.16. The predicted molar refractivity (Wildman–Crippen MR) is 57.6 cm³/mol. The van der Waals surface area contributed by atoms with Crippen LogP contribution in [0.5, 0.6) is 0 Å². The number of aromatic nitrogens is 1. The number of allylic oxidation sites excluding steroid dienone is 1. The first-order chi connectivity index (χ1) is 7.81. The van der Waals surface area contributed by atoms with Crippen molar-refractivity contribution in [3.05, 3.63) is 54.6 Å². The number of nitrogens with zero attached hydrogens (tertiary/aromatic N) is 1. The number of oxazole rings is 1. The molecule has 0 fully saturated rings. The Morgan fingerprint density at radius 1 is 1.31 bits per heavy atom. The lowest BCUT2D eigenvalue weighted by molar-refractivity contribution is 0.396. The van der Waals surface area contributed by atoms with Gasteiger partial charge in [0.05, 0.1) is 12.5 Å². The molecule has 1 aromatic carbocycles. The second kappa shape index (κ2) is 4.61. The van der Waals surface area contributed by atoms with Gasteiger partial charge in [0.2, 0.25) is 5.89 Å². The summed E-state index contributed by atoms with van der Waals surface area (Å²) in [6.45, 7) is 0. The van der Waals surface area contributed by atoms with Crippen LogP contribution in [-0.2, 0) is 0 Å². The van der Waals surface area contributed by atoms with Gasteiger partial charge in [-0.3, -0.25) is 0 Å². The minimum atomic E-state index is -1.30. The third-order valence-electron chi connectivity index (χ3n) is 2.16. The van der Waals surface area contributed by atoms with Gasteiger partial charge in [0, 0.05) is 5.56 Å². The molecule has 0 radical (unpaired) electrons. The highest BCUT2D eigenvalue weighted by molar-refractivity contribution is 5.53. The molecule has 2 aromatic rings. The van der Waals surface area contributed by atoms with Crippen LogP contribution in [0.25, 0.3) is 11.5 Å². The minimum Gasteiger partial charge on any atom is -0.516 e. The number of hydrogen-bond acceptors (Lipinski definition) is 3. The highest BCUT2D eigenvalue weighted by Gasteiger charge is 2.07. The summed E-state index contributed by atoms with van der Waals surface area (Å²) in [5, 5.41) is 8.46. The van der Waals surface area contributed by atoms with Gasteiger partial charge in [0.25, 0.3) is 0 Å². The highest BCUT2D eigenvalue weighted by atomic mass is 19.1. The Labute approximate surface area is 91.9 Å². The molecule has 1 N–H and O–H groups in total. The van der Waals surface area contributed by atoms with E-state index in [1.54, 1.807) is 30.5 Å². The summed E-state index contributed by atoms with van der Waals surface area (Å²) >= 11 is 0. The van der Waals surface area contributed by atoms with E-state index in [1.807, 2.05) is 0 Å². The molecule has 4 heteroatoms. The fourth-order valence-corrected chi connectivity index (χ4v) is 1.36. The molecule has 0 aliphatic carbocycles. The maximum absolute atomic E-state index is 13.3. The lowest BCUT2D eigenvalue weighted by atomic mass is 10.1. The summed E-state index contributed by atoms with van der Waals surface area (Å²) in [6.07, 6.45) is 3.50. The van der Waals surface area contributed by atoms with Gasteiger partial charge in [-0.2, -0.15) is 0 Å². The van der Waals surface area contributed by atoms with Crippen LogP contribution in [0.2, 0.25) is 0 Å². The van der Waals surface area contributed by atoms with Crippen molar-refractivity contribution in [2.75, 3.05) is 0 Å². The van der Waals surface area contributed by atoms with Gasteiger partial charge in [-0.25, -0.2) is 9.37 Å². The van der Waals surface area contributed by atoms with Crippen molar-refractivity contribution in [1.82, 2.24) is 4.98 Å². The first-order valence-corrected chi connectivity index (χ1v) is 4.76. The molecule has 0 saturated heterocycles. The third kappa shape index (κ3) is 2.11. The predicted octanol–water partition coefficient (Wildman–Crippen LogP) is 3.42. The largest absolute Gasteiger partial charge is 0.516 e. The van der Waals surface area contributed by atoms with E-state index in [1.165, 1.54) is 6.26 Å². The molecule has 0 saturated carbocycles. The molecule has 3 nitrogen and oxygen atoms in total. The maximum Gasteiger partial charge on any atom is 0.225 e. The van der Waals surface area contributed by atoms with Crippen LogP contribution in [0.4, 0.5) is 4.39 Å². The number of benzene rings is 1. The molecule has 1 unspecified atom stereocenters. The van der Waals surface area contributed by atoms with Gasteiger partial charge < -0.3 is 9.52 Å². The summed E-state index contributed by atoms with van der Waals surface area (Å²) in [6, 6.07) is 6.70. The van der Waals surface area contributed by atoms with Crippen LogP contribution in [-0.4, -0.2) is 10.1 Å².